The van der Waals surface area contributed by atoms with E-state index in [4.69, 9.17) is 4.42 Å². The monoisotopic (exact) mass is 238 g/mol. The standard InChI is InChI=1S/C13H22N2O2/c1-4-13(3,16)11-9(2)17-12(15-11)10-6-5-7-14-8-10/h10,14,16H,4-8H2,1-3H3/t10-,13?/m1/s1. The van der Waals surface area contributed by atoms with Crippen LogP contribution in [-0.4, -0.2) is 23.2 Å². The van der Waals surface area contributed by atoms with Gasteiger partial charge in [0.1, 0.15) is 17.1 Å². The zero-order chi connectivity index (χ0) is 12.5. The summed E-state index contributed by atoms with van der Waals surface area (Å²) in [7, 11) is 0. The summed E-state index contributed by atoms with van der Waals surface area (Å²) < 4.78 is 5.73. The van der Waals surface area contributed by atoms with Crippen LogP contribution in [-0.2, 0) is 5.60 Å². The van der Waals surface area contributed by atoms with Gasteiger partial charge >= 0.3 is 0 Å². The highest BCUT2D eigenvalue weighted by molar-refractivity contribution is 5.17. The molecule has 1 aromatic rings. The Labute approximate surface area is 102 Å². The summed E-state index contributed by atoms with van der Waals surface area (Å²) in [6.07, 6.45) is 2.91. The summed E-state index contributed by atoms with van der Waals surface area (Å²) in [6.45, 7) is 7.63. The number of hydrogen-bond acceptors (Lipinski definition) is 4. The average Bonchev–Trinajstić information content (AvgIpc) is 2.73. The van der Waals surface area contributed by atoms with Gasteiger partial charge in [0, 0.05) is 12.5 Å². The summed E-state index contributed by atoms with van der Waals surface area (Å²) in [6, 6.07) is 0. The molecule has 2 N–H and O–H groups in total. The van der Waals surface area contributed by atoms with E-state index in [1.165, 1.54) is 0 Å². The van der Waals surface area contributed by atoms with Gasteiger partial charge < -0.3 is 14.8 Å². The summed E-state index contributed by atoms with van der Waals surface area (Å²) >= 11 is 0. The first-order valence-corrected chi connectivity index (χ1v) is 6.45. The minimum atomic E-state index is -0.881. The third-order valence-electron chi connectivity index (χ3n) is 3.66. The van der Waals surface area contributed by atoms with Crippen molar-refractivity contribution < 1.29 is 9.52 Å². The Morgan fingerprint density at radius 1 is 1.59 bits per heavy atom. The molecule has 4 heteroatoms. The number of oxazole rings is 1. The summed E-state index contributed by atoms with van der Waals surface area (Å²) in [5.41, 5.74) is -0.186. The van der Waals surface area contributed by atoms with Crippen LogP contribution in [0.5, 0.6) is 0 Å². The van der Waals surface area contributed by atoms with E-state index in [1.807, 2.05) is 13.8 Å². The highest BCUT2D eigenvalue weighted by atomic mass is 16.4. The lowest BCUT2D eigenvalue weighted by Gasteiger charge is -2.20. The van der Waals surface area contributed by atoms with Gasteiger partial charge in [-0.3, -0.25) is 0 Å². The molecule has 0 spiro atoms. The quantitative estimate of drug-likeness (QED) is 0.846. The maximum absolute atomic E-state index is 10.2. The van der Waals surface area contributed by atoms with Crippen LogP contribution in [0.4, 0.5) is 0 Å². The number of piperidine rings is 1. The predicted octanol–water partition coefficient (Wildman–Crippen LogP) is 2.07. The molecular formula is C13H22N2O2. The second-order valence-corrected chi connectivity index (χ2v) is 5.13. The van der Waals surface area contributed by atoms with E-state index in [1.54, 1.807) is 6.92 Å². The number of aromatic nitrogens is 1. The number of aliphatic hydroxyl groups is 1. The van der Waals surface area contributed by atoms with Crippen molar-refractivity contribution in [2.45, 2.75) is 51.6 Å². The van der Waals surface area contributed by atoms with Gasteiger partial charge in [0.2, 0.25) is 0 Å². The molecule has 1 saturated heterocycles. The van der Waals surface area contributed by atoms with Crippen LogP contribution >= 0.6 is 0 Å². The molecule has 2 atom stereocenters. The summed E-state index contributed by atoms with van der Waals surface area (Å²) in [4.78, 5) is 4.52. The second kappa shape index (κ2) is 4.78. The zero-order valence-electron chi connectivity index (χ0n) is 10.9. The number of aryl methyl sites for hydroxylation is 1. The molecule has 0 amide bonds. The molecule has 1 aliphatic rings. The van der Waals surface area contributed by atoms with Crippen LogP contribution in [0.2, 0.25) is 0 Å². The van der Waals surface area contributed by atoms with Crippen LogP contribution in [0.15, 0.2) is 4.42 Å². The van der Waals surface area contributed by atoms with E-state index in [9.17, 15) is 5.11 Å². The molecule has 2 rings (SSSR count). The number of hydrogen-bond donors (Lipinski definition) is 2. The Morgan fingerprint density at radius 3 is 2.94 bits per heavy atom. The van der Waals surface area contributed by atoms with E-state index >= 15 is 0 Å². The first kappa shape index (κ1) is 12.6. The molecule has 0 saturated carbocycles. The average molecular weight is 238 g/mol. The SMILES string of the molecule is CCC(C)(O)c1nc([C@@H]2CCCNC2)oc1C. The number of nitrogens with zero attached hydrogens (tertiary/aromatic N) is 1. The molecule has 1 aliphatic heterocycles. The third-order valence-corrected chi connectivity index (χ3v) is 3.66. The van der Waals surface area contributed by atoms with Gasteiger partial charge in [-0.25, -0.2) is 4.98 Å². The Morgan fingerprint density at radius 2 is 2.35 bits per heavy atom. The molecule has 0 aliphatic carbocycles. The van der Waals surface area contributed by atoms with Crippen LogP contribution in [0.3, 0.4) is 0 Å². The summed E-state index contributed by atoms with van der Waals surface area (Å²) in [5, 5.41) is 13.6. The van der Waals surface area contributed by atoms with E-state index in [0.29, 0.717) is 18.0 Å². The van der Waals surface area contributed by atoms with Crippen molar-refractivity contribution >= 4 is 0 Å². The Hall–Kier alpha value is -0.870. The first-order valence-electron chi connectivity index (χ1n) is 6.45. The van der Waals surface area contributed by atoms with Crippen LogP contribution in [0, 0.1) is 6.92 Å². The van der Waals surface area contributed by atoms with Gasteiger partial charge in [0.15, 0.2) is 5.89 Å². The highest BCUT2D eigenvalue weighted by Crippen LogP contribution is 2.31. The molecule has 17 heavy (non-hydrogen) atoms. The summed E-state index contributed by atoms with van der Waals surface area (Å²) in [5.74, 6) is 1.87. The maximum Gasteiger partial charge on any atom is 0.199 e. The smallest absolute Gasteiger partial charge is 0.199 e. The molecule has 0 bridgehead atoms. The van der Waals surface area contributed by atoms with Gasteiger partial charge in [-0.1, -0.05) is 6.92 Å². The molecule has 0 radical (unpaired) electrons. The molecule has 4 nitrogen and oxygen atoms in total. The molecule has 1 aromatic heterocycles. The minimum absolute atomic E-state index is 0.351. The molecule has 96 valence electrons. The van der Waals surface area contributed by atoms with Crippen molar-refractivity contribution in [3.63, 3.8) is 0 Å². The van der Waals surface area contributed by atoms with Crippen molar-refractivity contribution in [3.05, 3.63) is 17.3 Å². The molecule has 1 unspecified atom stereocenters. The third kappa shape index (κ3) is 2.53. The van der Waals surface area contributed by atoms with Gasteiger partial charge in [-0.05, 0) is 39.7 Å². The lowest BCUT2D eigenvalue weighted by atomic mass is 9.97. The Bertz CT molecular complexity index is 379. The van der Waals surface area contributed by atoms with Crippen molar-refractivity contribution in [1.29, 1.82) is 0 Å². The van der Waals surface area contributed by atoms with Crippen LogP contribution in [0.1, 0.15) is 56.4 Å². The van der Waals surface area contributed by atoms with Crippen molar-refractivity contribution in [3.8, 4) is 0 Å². The van der Waals surface area contributed by atoms with E-state index in [2.05, 4.69) is 10.3 Å². The molecule has 1 fully saturated rings. The van der Waals surface area contributed by atoms with Crippen molar-refractivity contribution in [2.24, 2.45) is 0 Å². The minimum Gasteiger partial charge on any atom is -0.445 e. The van der Waals surface area contributed by atoms with Crippen LogP contribution < -0.4 is 5.32 Å². The first-order chi connectivity index (χ1) is 8.04. The highest BCUT2D eigenvalue weighted by Gasteiger charge is 2.30. The predicted molar refractivity (Wildman–Crippen MR) is 65.9 cm³/mol. The largest absolute Gasteiger partial charge is 0.445 e. The second-order valence-electron chi connectivity index (χ2n) is 5.13. The lowest BCUT2D eigenvalue weighted by Crippen LogP contribution is -2.28. The fourth-order valence-corrected chi connectivity index (χ4v) is 2.32. The number of nitrogens with one attached hydrogen (secondary N) is 1. The molecule has 2 heterocycles. The fourth-order valence-electron chi connectivity index (χ4n) is 2.32. The van der Waals surface area contributed by atoms with Crippen molar-refractivity contribution in [1.82, 2.24) is 10.3 Å². The van der Waals surface area contributed by atoms with Crippen LogP contribution in [0.25, 0.3) is 0 Å². The van der Waals surface area contributed by atoms with Crippen molar-refractivity contribution in [2.75, 3.05) is 13.1 Å². The van der Waals surface area contributed by atoms with Gasteiger partial charge in [0.25, 0.3) is 0 Å². The van der Waals surface area contributed by atoms with E-state index < -0.39 is 5.60 Å². The van der Waals surface area contributed by atoms with E-state index in [-0.39, 0.29) is 0 Å². The zero-order valence-corrected chi connectivity index (χ0v) is 10.9. The Kier molecular flexibility index (Phi) is 3.54. The lowest BCUT2D eigenvalue weighted by molar-refractivity contribution is 0.0475. The van der Waals surface area contributed by atoms with Gasteiger partial charge in [-0.2, -0.15) is 0 Å². The fraction of sp³-hybridized carbons (Fsp3) is 0.769. The van der Waals surface area contributed by atoms with Gasteiger partial charge in [-0.15, -0.1) is 0 Å². The molecular weight excluding hydrogens is 216 g/mol. The normalized spacial score (nSPS) is 24.6. The topological polar surface area (TPSA) is 58.3 Å². The van der Waals surface area contributed by atoms with Gasteiger partial charge in [0.05, 0.1) is 0 Å². The Balaban J connectivity index is 2.23. The molecule has 0 aromatic carbocycles. The van der Waals surface area contributed by atoms with E-state index in [0.717, 1.165) is 37.6 Å². The number of rotatable bonds is 3. The maximum atomic E-state index is 10.2.